The number of rotatable bonds is 21. The Hall–Kier alpha value is -2.68. The van der Waals surface area contributed by atoms with Crippen molar-refractivity contribution >= 4 is 17.8 Å². The fourth-order valence-electron chi connectivity index (χ4n) is 5.49. The second kappa shape index (κ2) is 20.2. The van der Waals surface area contributed by atoms with Gasteiger partial charge in [0, 0.05) is 43.7 Å². The van der Waals surface area contributed by atoms with Crippen LogP contribution in [0.1, 0.15) is 109 Å². The van der Waals surface area contributed by atoms with Crippen LogP contribution in [0.4, 0.5) is 0 Å². The molecule has 0 aliphatic carbocycles. The lowest BCUT2D eigenvalue weighted by Gasteiger charge is -2.30. The van der Waals surface area contributed by atoms with Crippen molar-refractivity contribution in [2.24, 2.45) is 0 Å². The summed E-state index contributed by atoms with van der Waals surface area (Å²) in [7, 11) is 5.02. The van der Waals surface area contributed by atoms with Crippen molar-refractivity contribution in [3.05, 3.63) is 30.4 Å². The second-order valence-corrected chi connectivity index (χ2v) is 11.6. The SMILES string of the molecule is CCCCCCCC/C=C\CCCCCCCC(=O)N[C@H]1C[C@@H](C(=O)OC)N(C(=O)C(Cc2cnc[nH]2)N(C)C)C1. The number of hydrogen-bond donors (Lipinski definition) is 2. The van der Waals surface area contributed by atoms with Gasteiger partial charge < -0.3 is 19.9 Å². The molecule has 0 aromatic carbocycles. The summed E-state index contributed by atoms with van der Waals surface area (Å²) in [5.74, 6) is -0.632. The van der Waals surface area contributed by atoms with Crippen LogP contribution in [0, 0.1) is 0 Å². The lowest BCUT2D eigenvalue weighted by atomic mass is 10.1. The first-order valence-corrected chi connectivity index (χ1v) is 15.8. The van der Waals surface area contributed by atoms with E-state index in [1.807, 2.05) is 19.0 Å². The molecule has 2 rings (SSSR count). The smallest absolute Gasteiger partial charge is 0.328 e. The molecule has 1 saturated heterocycles. The van der Waals surface area contributed by atoms with E-state index in [-0.39, 0.29) is 17.9 Å². The topological polar surface area (TPSA) is 108 Å². The number of imidazole rings is 1. The third kappa shape index (κ3) is 13.2. The van der Waals surface area contributed by atoms with Gasteiger partial charge in [-0.15, -0.1) is 0 Å². The number of nitrogens with one attached hydrogen (secondary N) is 2. The number of ether oxygens (including phenoxy) is 1. The van der Waals surface area contributed by atoms with E-state index >= 15 is 0 Å². The van der Waals surface area contributed by atoms with Crippen molar-refractivity contribution < 1.29 is 19.1 Å². The summed E-state index contributed by atoms with van der Waals surface area (Å²) in [5.41, 5.74) is 0.843. The van der Waals surface area contributed by atoms with Gasteiger partial charge in [-0.2, -0.15) is 0 Å². The molecule has 2 heterocycles. The molecule has 0 radical (unpaired) electrons. The predicted octanol–water partition coefficient (Wildman–Crippen LogP) is 5.18. The predicted molar refractivity (Wildman–Crippen MR) is 163 cm³/mol. The maximum atomic E-state index is 13.5. The molecule has 41 heavy (non-hydrogen) atoms. The Morgan fingerprint density at radius 3 is 2.27 bits per heavy atom. The number of allylic oxidation sites excluding steroid dienone is 2. The maximum absolute atomic E-state index is 13.5. The maximum Gasteiger partial charge on any atom is 0.328 e. The number of H-pyrrole nitrogens is 1. The fraction of sp³-hybridized carbons (Fsp3) is 0.750. The molecule has 1 fully saturated rings. The summed E-state index contributed by atoms with van der Waals surface area (Å²) in [6, 6.07) is -1.44. The van der Waals surface area contributed by atoms with E-state index in [0.717, 1.165) is 31.4 Å². The molecule has 0 saturated carbocycles. The van der Waals surface area contributed by atoms with Gasteiger partial charge in [-0.3, -0.25) is 14.5 Å². The lowest BCUT2D eigenvalue weighted by molar-refractivity contribution is -0.152. The first-order chi connectivity index (χ1) is 19.9. The summed E-state index contributed by atoms with van der Waals surface area (Å²) in [6.07, 6.45) is 25.1. The number of methoxy groups -OCH3 is 1. The third-order valence-corrected chi connectivity index (χ3v) is 7.96. The van der Waals surface area contributed by atoms with Crippen molar-refractivity contribution in [1.82, 2.24) is 25.1 Å². The van der Waals surface area contributed by atoms with Crippen LogP contribution in [0.3, 0.4) is 0 Å². The normalized spacial score (nSPS) is 17.8. The van der Waals surface area contributed by atoms with E-state index in [9.17, 15) is 14.4 Å². The van der Waals surface area contributed by atoms with Gasteiger partial charge in [-0.1, -0.05) is 70.4 Å². The quantitative estimate of drug-likeness (QED) is 0.119. The minimum atomic E-state index is -0.707. The molecular formula is C32H55N5O4. The summed E-state index contributed by atoms with van der Waals surface area (Å²) in [5, 5.41) is 3.06. The van der Waals surface area contributed by atoms with E-state index in [2.05, 4.69) is 34.4 Å². The summed E-state index contributed by atoms with van der Waals surface area (Å²) < 4.78 is 4.99. The van der Waals surface area contributed by atoms with Gasteiger partial charge in [-0.05, 0) is 46.2 Å². The number of hydrogen-bond acceptors (Lipinski definition) is 6. The van der Waals surface area contributed by atoms with Gasteiger partial charge >= 0.3 is 5.97 Å². The number of likely N-dealkylation sites (N-methyl/N-ethyl adjacent to an activating group) is 1. The molecule has 1 aliphatic rings. The van der Waals surface area contributed by atoms with Crippen molar-refractivity contribution in [2.45, 2.75) is 128 Å². The highest BCUT2D eigenvalue weighted by atomic mass is 16.5. The average Bonchev–Trinajstić information content (AvgIpc) is 3.63. The van der Waals surface area contributed by atoms with Gasteiger partial charge in [0.05, 0.1) is 19.5 Å². The number of amides is 2. The van der Waals surface area contributed by atoms with Gasteiger partial charge in [-0.25, -0.2) is 9.78 Å². The van der Waals surface area contributed by atoms with E-state index in [1.165, 1.54) is 64.9 Å². The number of carbonyl (C=O) groups is 3. The first-order valence-electron chi connectivity index (χ1n) is 15.8. The van der Waals surface area contributed by atoms with Crippen LogP contribution in [0.5, 0.6) is 0 Å². The molecule has 1 unspecified atom stereocenters. The van der Waals surface area contributed by atoms with Gasteiger partial charge in [0.2, 0.25) is 11.8 Å². The van der Waals surface area contributed by atoms with Crippen molar-refractivity contribution in [3.63, 3.8) is 0 Å². The van der Waals surface area contributed by atoms with Crippen LogP contribution < -0.4 is 5.32 Å². The van der Waals surface area contributed by atoms with Crippen LogP contribution >= 0.6 is 0 Å². The lowest BCUT2D eigenvalue weighted by Crippen LogP contribution is -2.51. The largest absolute Gasteiger partial charge is 0.467 e. The van der Waals surface area contributed by atoms with Crippen LogP contribution in [-0.4, -0.2) is 83.4 Å². The average molecular weight is 574 g/mol. The molecule has 0 bridgehead atoms. The minimum absolute atomic E-state index is 0.0211. The molecule has 2 N–H and O–H groups in total. The second-order valence-electron chi connectivity index (χ2n) is 11.6. The highest BCUT2D eigenvalue weighted by Gasteiger charge is 2.43. The number of unbranched alkanes of at least 4 members (excludes halogenated alkanes) is 11. The van der Waals surface area contributed by atoms with Crippen LogP contribution in [0.25, 0.3) is 0 Å². The third-order valence-electron chi connectivity index (χ3n) is 7.96. The first kappa shape index (κ1) is 34.5. The van der Waals surface area contributed by atoms with Crippen LogP contribution in [0.2, 0.25) is 0 Å². The summed E-state index contributed by atoms with van der Waals surface area (Å²) in [4.78, 5) is 49.2. The number of esters is 1. The number of carbonyl (C=O) groups excluding carboxylic acids is 3. The number of nitrogens with zero attached hydrogens (tertiary/aromatic N) is 3. The molecular weight excluding hydrogens is 518 g/mol. The molecule has 9 nitrogen and oxygen atoms in total. The Morgan fingerprint density at radius 2 is 1.68 bits per heavy atom. The van der Waals surface area contributed by atoms with Gasteiger partial charge in [0.1, 0.15) is 6.04 Å². The molecule has 1 aliphatic heterocycles. The number of likely N-dealkylation sites (tertiary alicyclic amines) is 1. The molecule has 0 spiro atoms. The van der Waals surface area contributed by atoms with E-state index in [0.29, 0.717) is 25.8 Å². The molecule has 1 aromatic rings. The van der Waals surface area contributed by atoms with Crippen molar-refractivity contribution in [2.75, 3.05) is 27.7 Å². The Morgan fingerprint density at radius 1 is 1.05 bits per heavy atom. The molecule has 9 heteroatoms. The molecule has 3 atom stereocenters. The molecule has 2 amide bonds. The summed E-state index contributed by atoms with van der Waals surface area (Å²) >= 11 is 0. The van der Waals surface area contributed by atoms with Crippen LogP contribution in [-0.2, 0) is 25.5 Å². The van der Waals surface area contributed by atoms with E-state index in [1.54, 1.807) is 17.4 Å². The zero-order valence-electron chi connectivity index (χ0n) is 26.0. The number of aromatic amines is 1. The standard InChI is InChI=1S/C32H55N5O4/c1-5-6-7-8-9-10-11-12-13-14-15-16-17-18-19-20-30(38)35-27-22-29(32(40)41-4)37(24-27)31(39)28(36(2)3)21-26-23-33-25-34-26/h12-13,23,25,27-29H,5-11,14-22,24H2,1-4H3,(H,33,34)(H,35,38)/b13-12-/t27-,28?,29-/m0/s1. The highest BCUT2D eigenvalue weighted by Crippen LogP contribution is 2.22. The Balaban J connectivity index is 1.66. The van der Waals surface area contributed by atoms with Crippen molar-refractivity contribution in [3.8, 4) is 0 Å². The van der Waals surface area contributed by atoms with Crippen LogP contribution in [0.15, 0.2) is 24.7 Å². The zero-order valence-corrected chi connectivity index (χ0v) is 26.0. The van der Waals surface area contributed by atoms with E-state index in [4.69, 9.17) is 4.74 Å². The molecule has 1 aromatic heterocycles. The van der Waals surface area contributed by atoms with E-state index < -0.39 is 18.1 Å². The Kier molecular flexibility index (Phi) is 17.0. The monoisotopic (exact) mass is 573 g/mol. The van der Waals surface area contributed by atoms with Gasteiger partial charge in [0.25, 0.3) is 0 Å². The molecule has 232 valence electrons. The zero-order chi connectivity index (χ0) is 29.9. The Labute approximate surface area is 247 Å². The minimum Gasteiger partial charge on any atom is -0.467 e. The van der Waals surface area contributed by atoms with Gasteiger partial charge in [0.15, 0.2) is 0 Å². The number of aromatic nitrogens is 2. The fourth-order valence-corrected chi connectivity index (χ4v) is 5.49. The van der Waals surface area contributed by atoms with Crippen molar-refractivity contribution in [1.29, 1.82) is 0 Å². The highest BCUT2D eigenvalue weighted by molar-refractivity contribution is 5.89. The summed E-state index contributed by atoms with van der Waals surface area (Å²) in [6.45, 7) is 2.55. The Bertz CT molecular complexity index is 902.